The highest BCUT2D eigenvalue weighted by atomic mass is 16.5. The van der Waals surface area contributed by atoms with E-state index in [1.807, 2.05) is 26.0 Å². The van der Waals surface area contributed by atoms with Crippen molar-refractivity contribution in [3.63, 3.8) is 0 Å². The summed E-state index contributed by atoms with van der Waals surface area (Å²) < 4.78 is 7.24. The highest BCUT2D eigenvalue weighted by molar-refractivity contribution is 6.00. The lowest BCUT2D eigenvalue weighted by molar-refractivity contribution is -0.126. The number of rotatable bonds is 6. The van der Waals surface area contributed by atoms with Crippen LogP contribution in [0.1, 0.15) is 42.5 Å². The molecular formula is C20H26N4O4. The topological polar surface area (TPSA) is 101 Å². The maximum Gasteiger partial charge on any atom is 0.321 e. The van der Waals surface area contributed by atoms with Gasteiger partial charge in [0, 0.05) is 23.0 Å². The summed E-state index contributed by atoms with van der Waals surface area (Å²) in [4.78, 5) is 36.0. The second-order valence-corrected chi connectivity index (χ2v) is 6.79. The molecule has 0 bridgehead atoms. The second kappa shape index (κ2) is 9.07. The number of hydrogen-bond acceptors (Lipinski definition) is 4. The zero-order chi connectivity index (χ0) is 20.8. The maximum absolute atomic E-state index is 12.4. The molecule has 1 heterocycles. The van der Waals surface area contributed by atoms with E-state index in [2.05, 4.69) is 16.1 Å². The van der Waals surface area contributed by atoms with E-state index >= 15 is 0 Å². The van der Waals surface area contributed by atoms with Crippen molar-refractivity contribution in [1.82, 2.24) is 15.3 Å². The van der Waals surface area contributed by atoms with E-state index < -0.39 is 18.0 Å². The molecule has 1 atom stereocenters. The van der Waals surface area contributed by atoms with E-state index in [0.717, 1.165) is 11.4 Å². The first-order chi connectivity index (χ1) is 13.2. The molecule has 1 aromatic heterocycles. The number of amides is 4. The first-order valence-corrected chi connectivity index (χ1v) is 9.01. The third-order valence-electron chi connectivity index (χ3n) is 3.94. The van der Waals surface area contributed by atoms with Gasteiger partial charge in [-0.3, -0.25) is 25.0 Å². The van der Waals surface area contributed by atoms with Crippen molar-refractivity contribution in [3.8, 4) is 5.75 Å². The fraction of sp³-hybridized carbons (Fsp3) is 0.350. The van der Waals surface area contributed by atoms with Crippen LogP contribution in [0.3, 0.4) is 0 Å². The van der Waals surface area contributed by atoms with Crippen LogP contribution in [0, 0.1) is 13.8 Å². The van der Waals surface area contributed by atoms with Crippen molar-refractivity contribution >= 4 is 17.8 Å². The fourth-order valence-electron chi connectivity index (χ4n) is 2.47. The van der Waals surface area contributed by atoms with Gasteiger partial charge in [0.25, 0.3) is 11.8 Å². The minimum Gasteiger partial charge on any atom is -0.481 e. The molecule has 0 aliphatic carbocycles. The molecule has 0 spiro atoms. The van der Waals surface area contributed by atoms with E-state index in [-0.39, 0.29) is 11.9 Å². The van der Waals surface area contributed by atoms with Gasteiger partial charge in [-0.05, 0) is 71.0 Å². The molecule has 0 saturated heterocycles. The molecule has 150 valence electrons. The largest absolute Gasteiger partial charge is 0.481 e. The maximum atomic E-state index is 12.4. The van der Waals surface area contributed by atoms with Gasteiger partial charge in [0.1, 0.15) is 5.75 Å². The average Bonchev–Trinajstić information content (AvgIpc) is 2.93. The molecule has 0 radical (unpaired) electrons. The first kappa shape index (κ1) is 21.0. The average molecular weight is 386 g/mol. The fourth-order valence-corrected chi connectivity index (χ4v) is 2.47. The number of benzene rings is 1. The molecule has 0 aliphatic heterocycles. The number of urea groups is 1. The van der Waals surface area contributed by atoms with E-state index in [1.54, 1.807) is 42.8 Å². The van der Waals surface area contributed by atoms with Crippen molar-refractivity contribution < 1.29 is 19.1 Å². The normalized spacial score (nSPS) is 11.6. The summed E-state index contributed by atoms with van der Waals surface area (Å²) in [6.07, 6.45) is -0.872. The molecule has 8 heteroatoms. The van der Waals surface area contributed by atoms with Gasteiger partial charge >= 0.3 is 6.03 Å². The SMILES string of the molecule is Cc1ccc(C)n1NC(=O)c1ccc(O[C@@H](C)C(=O)NC(=O)NC(C)C)cc1. The molecule has 2 aromatic rings. The molecule has 0 fully saturated rings. The molecule has 3 N–H and O–H groups in total. The van der Waals surface area contributed by atoms with Crippen molar-refractivity contribution in [3.05, 3.63) is 53.3 Å². The number of nitrogens with one attached hydrogen (secondary N) is 3. The van der Waals surface area contributed by atoms with E-state index in [4.69, 9.17) is 4.74 Å². The summed E-state index contributed by atoms with van der Waals surface area (Å²) in [5, 5.41) is 4.78. The van der Waals surface area contributed by atoms with Crippen LogP contribution in [-0.4, -0.2) is 34.7 Å². The summed E-state index contributed by atoms with van der Waals surface area (Å²) in [6, 6.07) is 9.59. The van der Waals surface area contributed by atoms with Gasteiger partial charge in [-0.25, -0.2) is 4.79 Å². The number of carbonyl (C=O) groups excluding carboxylic acids is 3. The summed E-state index contributed by atoms with van der Waals surface area (Å²) in [7, 11) is 0. The van der Waals surface area contributed by atoms with E-state index in [0.29, 0.717) is 11.3 Å². The van der Waals surface area contributed by atoms with Crippen LogP contribution in [-0.2, 0) is 4.79 Å². The van der Waals surface area contributed by atoms with Crippen LogP contribution in [0.4, 0.5) is 4.79 Å². The van der Waals surface area contributed by atoms with Crippen LogP contribution < -0.4 is 20.8 Å². The number of nitrogens with zero attached hydrogens (tertiary/aromatic N) is 1. The minimum atomic E-state index is -0.872. The smallest absolute Gasteiger partial charge is 0.321 e. The Labute approximate surface area is 164 Å². The zero-order valence-electron chi connectivity index (χ0n) is 16.7. The van der Waals surface area contributed by atoms with E-state index in [1.165, 1.54) is 6.92 Å². The third kappa shape index (κ3) is 5.60. The highest BCUT2D eigenvalue weighted by Crippen LogP contribution is 2.15. The van der Waals surface area contributed by atoms with Gasteiger partial charge in [-0.2, -0.15) is 0 Å². The van der Waals surface area contributed by atoms with Crippen LogP contribution >= 0.6 is 0 Å². The van der Waals surface area contributed by atoms with Crippen molar-refractivity contribution in [2.24, 2.45) is 0 Å². The van der Waals surface area contributed by atoms with Gasteiger partial charge in [-0.1, -0.05) is 0 Å². The van der Waals surface area contributed by atoms with Crippen molar-refractivity contribution in [2.75, 3.05) is 5.43 Å². The summed E-state index contributed by atoms with van der Waals surface area (Å²) in [5.74, 6) is -0.402. The Hall–Kier alpha value is -3.29. The summed E-state index contributed by atoms with van der Waals surface area (Å²) in [6.45, 7) is 8.92. The predicted octanol–water partition coefficient (Wildman–Crippen LogP) is 2.49. The van der Waals surface area contributed by atoms with Gasteiger partial charge < -0.3 is 10.1 Å². The monoisotopic (exact) mass is 386 g/mol. The van der Waals surface area contributed by atoms with Crippen LogP contribution in [0.2, 0.25) is 0 Å². The Balaban J connectivity index is 1.94. The number of carbonyl (C=O) groups is 3. The Kier molecular flexibility index (Phi) is 6.81. The molecule has 0 unspecified atom stereocenters. The Morgan fingerprint density at radius 3 is 2.04 bits per heavy atom. The molecule has 8 nitrogen and oxygen atoms in total. The highest BCUT2D eigenvalue weighted by Gasteiger charge is 2.18. The first-order valence-electron chi connectivity index (χ1n) is 9.01. The summed E-state index contributed by atoms with van der Waals surface area (Å²) >= 11 is 0. The lowest BCUT2D eigenvalue weighted by Gasteiger charge is -2.16. The van der Waals surface area contributed by atoms with Gasteiger partial charge in [0.05, 0.1) is 0 Å². The number of aromatic nitrogens is 1. The Bertz CT molecular complexity index is 836. The van der Waals surface area contributed by atoms with Crippen molar-refractivity contribution in [2.45, 2.75) is 46.8 Å². The van der Waals surface area contributed by atoms with Crippen LogP contribution in [0.15, 0.2) is 36.4 Å². The number of imide groups is 1. The molecule has 4 amide bonds. The lowest BCUT2D eigenvalue weighted by Crippen LogP contribution is -2.46. The molecule has 0 saturated carbocycles. The summed E-state index contributed by atoms with van der Waals surface area (Å²) in [5.41, 5.74) is 5.12. The van der Waals surface area contributed by atoms with Crippen LogP contribution in [0.5, 0.6) is 5.75 Å². The standard InChI is InChI=1S/C20H26N4O4/c1-12(2)21-20(27)22-18(25)15(5)28-17-10-8-16(9-11-17)19(26)23-24-13(3)6-7-14(24)4/h6-12,15H,1-5H3,(H,23,26)(H2,21,22,25,27)/t15-/m0/s1. The Morgan fingerprint density at radius 1 is 0.929 bits per heavy atom. The quantitative estimate of drug-likeness (QED) is 0.710. The van der Waals surface area contributed by atoms with Crippen molar-refractivity contribution in [1.29, 1.82) is 0 Å². The minimum absolute atomic E-state index is 0.0816. The number of hydrogen-bond donors (Lipinski definition) is 3. The number of ether oxygens (including phenoxy) is 1. The Morgan fingerprint density at radius 2 is 1.50 bits per heavy atom. The lowest BCUT2D eigenvalue weighted by atomic mass is 10.2. The predicted molar refractivity (Wildman–Crippen MR) is 106 cm³/mol. The number of aryl methyl sites for hydroxylation is 2. The van der Waals surface area contributed by atoms with Gasteiger partial charge in [0.2, 0.25) is 0 Å². The molecular weight excluding hydrogens is 360 g/mol. The molecule has 2 rings (SSSR count). The molecule has 1 aromatic carbocycles. The van der Waals surface area contributed by atoms with E-state index in [9.17, 15) is 14.4 Å². The molecule has 28 heavy (non-hydrogen) atoms. The second-order valence-electron chi connectivity index (χ2n) is 6.79. The third-order valence-corrected chi connectivity index (χ3v) is 3.94. The zero-order valence-corrected chi connectivity index (χ0v) is 16.7. The van der Waals surface area contributed by atoms with Crippen LogP contribution in [0.25, 0.3) is 0 Å². The van der Waals surface area contributed by atoms with Gasteiger partial charge in [-0.15, -0.1) is 0 Å². The van der Waals surface area contributed by atoms with Gasteiger partial charge in [0.15, 0.2) is 6.10 Å². The molecule has 0 aliphatic rings.